The molecule has 0 atom stereocenters. The van der Waals surface area contributed by atoms with E-state index in [2.05, 4.69) is 240 Å². The molecule has 0 unspecified atom stereocenters. The van der Waals surface area contributed by atoms with Crippen LogP contribution in [0.25, 0.3) is 83.5 Å². The van der Waals surface area contributed by atoms with Gasteiger partial charge in [0, 0.05) is 38.8 Å². The molecule has 2 heteroatoms. The molecule has 13 rings (SSSR count). The Bertz CT molecular complexity index is 3560. The summed E-state index contributed by atoms with van der Waals surface area (Å²) in [6.45, 7) is 0. The molecule has 0 amide bonds. The topological polar surface area (TPSA) is 9.86 Å². The zero-order valence-electron chi connectivity index (χ0n) is 34.7. The van der Waals surface area contributed by atoms with E-state index >= 15 is 0 Å². The monoisotopic (exact) mass is 802 g/mol. The van der Waals surface area contributed by atoms with Crippen LogP contribution in [0.4, 0.5) is 0 Å². The molecule has 0 radical (unpaired) electrons. The van der Waals surface area contributed by atoms with Gasteiger partial charge in [0.15, 0.2) is 0 Å². The molecule has 0 fully saturated rings. The van der Waals surface area contributed by atoms with E-state index in [0.29, 0.717) is 0 Å². The van der Waals surface area contributed by atoms with Gasteiger partial charge < -0.3 is 9.13 Å². The zero-order chi connectivity index (χ0) is 41.5. The van der Waals surface area contributed by atoms with Gasteiger partial charge in [0.1, 0.15) is 0 Å². The van der Waals surface area contributed by atoms with Crippen molar-refractivity contribution >= 4 is 38.8 Å². The summed E-state index contributed by atoms with van der Waals surface area (Å²) in [6, 6.07) is 81.1. The molecule has 0 bridgehead atoms. The predicted molar refractivity (Wildman–Crippen MR) is 263 cm³/mol. The van der Waals surface area contributed by atoms with Crippen LogP contribution in [0.1, 0.15) is 39.9 Å². The lowest BCUT2D eigenvalue weighted by atomic mass is 9.68. The van der Waals surface area contributed by atoms with E-state index < -0.39 is 5.41 Å². The van der Waals surface area contributed by atoms with E-state index in [0.717, 1.165) is 18.5 Å². The molecule has 2 nitrogen and oxygen atoms in total. The Balaban J connectivity index is 0.954. The molecule has 63 heavy (non-hydrogen) atoms. The zero-order valence-corrected chi connectivity index (χ0v) is 34.7. The van der Waals surface area contributed by atoms with Crippen LogP contribution in [-0.4, -0.2) is 9.13 Å². The molecule has 0 aliphatic heterocycles. The number of benzene rings is 9. The number of nitrogens with zero attached hydrogens (tertiary/aromatic N) is 2. The van der Waals surface area contributed by atoms with Crippen LogP contribution < -0.4 is 0 Å². The van der Waals surface area contributed by atoms with Crippen molar-refractivity contribution < 1.29 is 0 Å². The number of allylic oxidation sites excluding steroid dienone is 1. The maximum Gasteiger partial charge on any atom is 0.0713 e. The fourth-order valence-corrected chi connectivity index (χ4v) is 11.2. The molecule has 2 aliphatic carbocycles. The highest BCUT2D eigenvalue weighted by atomic mass is 15.0. The van der Waals surface area contributed by atoms with Crippen molar-refractivity contribution in [2.24, 2.45) is 0 Å². The van der Waals surface area contributed by atoms with Crippen LogP contribution in [0.2, 0.25) is 0 Å². The molecular weight excluding hydrogens is 761 g/mol. The number of fused-ring (bicyclic) bond motifs is 9. The minimum Gasteiger partial charge on any atom is -0.313 e. The number of rotatable bonds is 6. The summed E-state index contributed by atoms with van der Waals surface area (Å²) in [5.74, 6) is 0. The smallest absolute Gasteiger partial charge is 0.0713 e. The summed E-state index contributed by atoms with van der Waals surface area (Å²) in [6.07, 6.45) is 6.74. The highest BCUT2D eigenvalue weighted by Crippen LogP contribution is 2.56. The van der Waals surface area contributed by atoms with Gasteiger partial charge in [-0.05, 0) is 117 Å². The van der Waals surface area contributed by atoms with Crippen molar-refractivity contribution in [3.8, 4) is 44.8 Å². The SMILES string of the molecule is C1=Cc2c(n(-c3cccc(-c4ccccc4)c3)c3ccc(-c4ccc5c6ccccc6n(-c6ccc(C7(c8ccccc8)c8ccccc8-c8ccccc87)cc6)c5c4)cc23)CC1. The summed E-state index contributed by atoms with van der Waals surface area (Å²) in [4.78, 5) is 0. The largest absolute Gasteiger partial charge is 0.313 e. The lowest BCUT2D eigenvalue weighted by Gasteiger charge is -2.34. The van der Waals surface area contributed by atoms with Crippen LogP contribution in [0.3, 0.4) is 0 Å². The quantitative estimate of drug-likeness (QED) is 0.158. The Morgan fingerprint density at radius 3 is 1.76 bits per heavy atom. The Morgan fingerprint density at radius 1 is 0.365 bits per heavy atom. The first-order chi connectivity index (χ1) is 31.3. The van der Waals surface area contributed by atoms with Gasteiger partial charge in [-0.25, -0.2) is 0 Å². The van der Waals surface area contributed by atoms with Gasteiger partial charge in [-0.15, -0.1) is 0 Å². The highest BCUT2D eigenvalue weighted by molar-refractivity contribution is 6.10. The fraction of sp³-hybridized carbons (Fsp3) is 0.0492. The first-order valence-corrected chi connectivity index (χ1v) is 22.1. The van der Waals surface area contributed by atoms with Crippen molar-refractivity contribution in [3.63, 3.8) is 0 Å². The minimum absolute atomic E-state index is 0.433. The van der Waals surface area contributed by atoms with Gasteiger partial charge in [0.2, 0.25) is 0 Å². The van der Waals surface area contributed by atoms with E-state index in [1.165, 1.54) is 105 Å². The molecule has 0 saturated heterocycles. The van der Waals surface area contributed by atoms with Crippen molar-refractivity contribution in [2.75, 3.05) is 0 Å². The first-order valence-electron chi connectivity index (χ1n) is 22.1. The Labute approximate surface area is 367 Å². The van der Waals surface area contributed by atoms with Crippen LogP contribution in [0, 0.1) is 0 Å². The highest BCUT2D eigenvalue weighted by Gasteiger charge is 2.45. The Kier molecular flexibility index (Phi) is 7.98. The van der Waals surface area contributed by atoms with E-state index in [-0.39, 0.29) is 0 Å². The fourth-order valence-electron chi connectivity index (χ4n) is 11.2. The van der Waals surface area contributed by atoms with Crippen LogP contribution >= 0.6 is 0 Å². The maximum absolute atomic E-state index is 2.50. The number of hydrogen-bond donors (Lipinski definition) is 0. The van der Waals surface area contributed by atoms with E-state index in [1.54, 1.807) is 0 Å². The summed E-state index contributed by atoms with van der Waals surface area (Å²) in [5, 5.41) is 3.80. The standard InChI is InChI=1S/C61H42N2/c1-3-16-41(17-4-1)42-18-15-21-48(38-42)63-58-29-14-10-25-52(58)54-39-43(31-37-59(54)63)44-30-36-53-51-24-9-13-28-57(51)62(60(53)40-44)47-34-32-46(33-35-47)61(45-19-5-2-6-20-45)55-26-11-7-22-49(55)50-23-8-12-27-56(50)61/h1-13,15-28,30-40H,14,29H2. The Hall–Kier alpha value is -7.94. The number of aromatic nitrogens is 2. The van der Waals surface area contributed by atoms with Gasteiger partial charge in [0.05, 0.1) is 22.0 Å². The van der Waals surface area contributed by atoms with Crippen molar-refractivity contribution in [3.05, 3.63) is 258 Å². The molecule has 2 heterocycles. The van der Waals surface area contributed by atoms with Gasteiger partial charge >= 0.3 is 0 Å². The van der Waals surface area contributed by atoms with Gasteiger partial charge in [-0.1, -0.05) is 182 Å². The minimum atomic E-state index is -0.433. The van der Waals surface area contributed by atoms with Crippen LogP contribution in [0.15, 0.2) is 224 Å². The second-order valence-electron chi connectivity index (χ2n) is 17.1. The van der Waals surface area contributed by atoms with Crippen molar-refractivity contribution in [2.45, 2.75) is 18.3 Å². The van der Waals surface area contributed by atoms with Gasteiger partial charge in [-0.3, -0.25) is 0 Å². The number of para-hydroxylation sites is 1. The van der Waals surface area contributed by atoms with Crippen molar-refractivity contribution in [1.82, 2.24) is 9.13 Å². The third-order valence-electron chi connectivity index (χ3n) is 13.9. The van der Waals surface area contributed by atoms with Crippen LogP contribution in [-0.2, 0) is 11.8 Å². The summed E-state index contributed by atoms with van der Waals surface area (Å²) >= 11 is 0. The van der Waals surface area contributed by atoms with E-state index in [9.17, 15) is 0 Å². The molecule has 296 valence electrons. The average Bonchev–Trinajstić information content (AvgIpc) is 3.98. The third kappa shape index (κ3) is 5.31. The lowest BCUT2D eigenvalue weighted by molar-refractivity contribution is 0.768. The molecule has 2 aromatic heterocycles. The molecule has 0 spiro atoms. The normalized spacial score (nSPS) is 13.7. The molecular formula is C61H42N2. The van der Waals surface area contributed by atoms with E-state index in [4.69, 9.17) is 0 Å². The van der Waals surface area contributed by atoms with Crippen LogP contribution in [0.5, 0.6) is 0 Å². The van der Waals surface area contributed by atoms with Gasteiger partial charge in [-0.2, -0.15) is 0 Å². The summed E-state index contributed by atoms with van der Waals surface area (Å²) in [7, 11) is 0. The second kappa shape index (κ2) is 14.1. The predicted octanol–water partition coefficient (Wildman–Crippen LogP) is 15.4. The van der Waals surface area contributed by atoms with Gasteiger partial charge in [0.25, 0.3) is 0 Å². The average molecular weight is 803 g/mol. The summed E-state index contributed by atoms with van der Waals surface area (Å²) in [5.41, 5.74) is 21.0. The molecule has 9 aromatic carbocycles. The van der Waals surface area contributed by atoms with E-state index in [1.807, 2.05) is 0 Å². The summed E-state index contributed by atoms with van der Waals surface area (Å²) < 4.78 is 4.96. The molecule has 2 aliphatic rings. The second-order valence-corrected chi connectivity index (χ2v) is 17.1. The van der Waals surface area contributed by atoms with Crippen molar-refractivity contribution in [1.29, 1.82) is 0 Å². The molecule has 11 aromatic rings. The Morgan fingerprint density at radius 2 is 0.968 bits per heavy atom. The lowest BCUT2D eigenvalue weighted by Crippen LogP contribution is -2.28. The maximum atomic E-state index is 2.50. The number of hydrogen-bond acceptors (Lipinski definition) is 0. The molecule has 0 saturated carbocycles. The molecule has 0 N–H and O–H groups in total. The third-order valence-corrected chi connectivity index (χ3v) is 13.9. The first kappa shape index (κ1) is 35.8.